The van der Waals surface area contributed by atoms with Crippen molar-refractivity contribution < 1.29 is 19.0 Å². The highest BCUT2D eigenvalue weighted by Crippen LogP contribution is 2.40. The first-order valence-corrected chi connectivity index (χ1v) is 15.4. The molecule has 1 aliphatic rings. The van der Waals surface area contributed by atoms with E-state index in [0.29, 0.717) is 58.5 Å². The molecular formula is C33H37N5O4S. The quantitative estimate of drug-likeness (QED) is 0.168. The van der Waals surface area contributed by atoms with Crippen LogP contribution in [0.15, 0.2) is 83.2 Å². The number of carbonyl (C=O) groups is 1. The molecule has 43 heavy (non-hydrogen) atoms. The van der Waals surface area contributed by atoms with Crippen LogP contribution in [0, 0.1) is 6.92 Å². The molecular weight excluding hydrogens is 562 g/mol. The molecule has 1 aromatic heterocycles. The molecule has 10 heteroatoms. The molecule has 9 nitrogen and oxygen atoms in total. The number of amides is 1. The van der Waals surface area contributed by atoms with Crippen LogP contribution in [-0.4, -0.2) is 40.1 Å². The van der Waals surface area contributed by atoms with Crippen molar-refractivity contribution in [2.45, 2.75) is 51.9 Å². The maximum Gasteiger partial charge on any atom is 0.255 e. The molecule has 3 aromatic carbocycles. The number of aromatic nitrogens is 3. The Morgan fingerprint density at radius 1 is 1.00 bits per heavy atom. The summed E-state index contributed by atoms with van der Waals surface area (Å²) >= 11 is 1.59. The summed E-state index contributed by atoms with van der Waals surface area (Å²) in [6.45, 7) is 8.86. The molecule has 0 saturated heterocycles. The maximum atomic E-state index is 14.0. The molecule has 1 aliphatic heterocycles. The molecule has 2 N–H and O–H groups in total. The van der Waals surface area contributed by atoms with Crippen LogP contribution in [0.3, 0.4) is 0 Å². The van der Waals surface area contributed by atoms with Crippen molar-refractivity contribution in [1.82, 2.24) is 14.8 Å². The van der Waals surface area contributed by atoms with Crippen LogP contribution >= 0.6 is 11.8 Å². The van der Waals surface area contributed by atoms with Gasteiger partial charge in [0.25, 0.3) is 5.91 Å². The number of anilines is 2. The molecule has 1 amide bonds. The number of para-hydroxylation sites is 2. The number of allylic oxidation sites excluding steroid dienone is 1. The summed E-state index contributed by atoms with van der Waals surface area (Å²) in [5, 5.41) is 11.8. The lowest BCUT2D eigenvalue weighted by molar-refractivity contribution is -0.113. The van der Waals surface area contributed by atoms with Crippen LogP contribution in [0.5, 0.6) is 17.2 Å². The average Bonchev–Trinajstić information content (AvgIpc) is 3.42. The lowest BCUT2D eigenvalue weighted by Gasteiger charge is -2.29. The molecule has 0 aliphatic carbocycles. The molecule has 1 unspecified atom stereocenters. The number of nitrogens with one attached hydrogen (secondary N) is 2. The van der Waals surface area contributed by atoms with Gasteiger partial charge in [-0.3, -0.25) is 4.79 Å². The average molecular weight is 600 g/mol. The molecule has 5 rings (SSSR count). The van der Waals surface area contributed by atoms with E-state index in [9.17, 15) is 4.79 Å². The van der Waals surface area contributed by atoms with Crippen LogP contribution in [0.1, 0.15) is 49.9 Å². The fourth-order valence-electron chi connectivity index (χ4n) is 4.85. The SMILES string of the molecule is CCCSc1nc2n(n1)C(c1ccc(OCc3ccc(C)cc3)c(OCC)c1)C(C(=O)Nc1ccccc1OC)=C(C)N2. The van der Waals surface area contributed by atoms with Crippen LogP contribution in [-0.2, 0) is 11.4 Å². The first kappa shape index (κ1) is 30.0. The number of rotatable bonds is 12. The second-order valence-corrected chi connectivity index (χ2v) is 11.2. The second kappa shape index (κ2) is 13.7. The highest BCUT2D eigenvalue weighted by Gasteiger charge is 2.35. The summed E-state index contributed by atoms with van der Waals surface area (Å²) in [5.74, 6) is 2.98. The van der Waals surface area contributed by atoms with Gasteiger partial charge in [-0.25, -0.2) is 4.68 Å². The first-order valence-electron chi connectivity index (χ1n) is 14.4. The Hall–Kier alpha value is -4.44. The van der Waals surface area contributed by atoms with Crippen molar-refractivity contribution in [3.05, 3.63) is 94.7 Å². The number of fused-ring (bicyclic) bond motifs is 1. The number of hydrogen-bond donors (Lipinski definition) is 2. The Labute approximate surface area is 256 Å². The van der Waals surface area contributed by atoms with Crippen LogP contribution in [0.4, 0.5) is 11.6 Å². The van der Waals surface area contributed by atoms with Crippen molar-refractivity contribution in [3.8, 4) is 17.2 Å². The third kappa shape index (κ3) is 6.80. The number of nitrogens with zero attached hydrogens (tertiary/aromatic N) is 3. The first-order chi connectivity index (χ1) is 20.9. The van der Waals surface area contributed by atoms with Gasteiger partial charge in [0.15, 0.2) is 11.5 Å². The molecule has 0 saturated carbocycles. The van der Waals surface area contributed by atoms with Crippen molar-refractivity contribution in [3.63, 3.8) is 0 Å². The Bertz CT molecular complexity index is 1620. The molecule has 0 spiro atoms. The van der Waals surface area contributed by atoms with Crippen LogP contribution < -0.4 is 24.8 Å². The number of aryl methyl sites for hydroxylation is 1. The van der Waals surface area contributed by atoms with E-state index in [2.05, 4.69) is 48.7 Å². The Kier molecular flexibility index (Phi) is 9.56. The number of thioether (sulfide) groups is 1. The van der Waals surface area contributed by atoms with Crippen molar-refractivity contribution >= 4 is 29.3 Å². The van der Waals surface area contributed by atoms with Gasteiger partial charge in [0.2, 0.25) is 11.1 Å². The lowest BCUT2D eigenvalue weighted by atomic mass is 9.94. The number of ether oxygens (including phenoxy) is 3. The predicted octanol–water partition coefficient (Wildman–Crippen LogP) is 7.00. The topological polar surface area (TPSA) is 99.5 Å². The van der Waals surface area contributed by atoms with E-state index in [1.54, 1.807) is 23.6 Å². The van der Waals surface area contributed by atoms with E-state index in [4.69, 9.17) is 24.3 Å². The fraction of sp³-hybridized carbons (Fsp3) is 0.303. The van der Waals surface area contributed by atoms with Gasteiger partial charge in [-0.15, -0.1) is 5.10 Å². The van der Waals surface area contributed by atoms with Crippen molar-refractivity contribution in [1.29, 1.82) is 0 Å². The highest BCUT2D eigenvalue weighted by atomic mass is 32.2. The van der Waals surface area contributed by atoms with Gasteiger partial charge in [-0.2, -0.15) is 4.98 Å². The van der Waals surface area contributed by atoms with Gasteiger partial charge < -0.3 is 24.8 Å². The Morgan fingerprint density at radius 2 is 1.79 bits per heavy atom. The summed E-state index contributed by atoms with van der Waals surface area (Å²) in [5.41, 5.74) is 4.84. The third-order valence-electron chi connectivity index (χ3n) is 6.97. The number of hydrogen-bond acceptors (Lipinski definition) is 8. The second-order valence-electron chi connectivity index (χ2n) is 10.1. The van der Waals surface area contributed by atoms with Gasteiger partial charge in [-0.05, 0) is 62.6 Å². The smallest absolute Gasteiger partial charge is 0.255 e. The minimum absolute atomic E-state index is 0.277. The molecule has 0 bridgehead atoms. The molecule has 0 fully saturated rings. The normalized spacial score (nSPS) is 14.1. The van der Waals surface area contributed by atoms with E-state index >= 15 is 0 Å². The third-order valence-corrected chi connectivity index (χ3v) is 8.01. The van der Waals surface area contributed by atoms with Gasteiger partial charge in [0.05, 0.1) is 25.0 Å². The Morgan fingerprint density at radius 3 is 2.53 bits per heavy atom. The number of methoxy groups -OCH3 is 1. The van der Waals surface area contributed by atoms with Crippen LogP contribution in [0.2, 0.25) is 0 Å². The van der Waals surface area contributed by atoms with Gasteiger partial charge in [0.1, 0.15) is 18.4 Å². The summed E-state index contributed by atoms with van der Waals surface area (Å²) in [6.07, 6.45) is 0.997. The zero-order valence-electron chi connectivity index (χ0n) is 25.1. The summed E-state index contributed by atoms with van der Waals surface area (Å²) < 4.78 is 19.5. The van der Waals surface area contributed by atoms with E-state index in [0.717, 1.165) is 23.3 Å². The maximum absolute atomic E-state index is 14.0. The largest absolute Gasteiger partial charge is 0.495 e. The Balaban J connectivity index is 1.53. The highest BCUT2D eigenvalue weighted by molar-refractivity contribution is 7.99. The van der Waals surface area contributed by atoms with Crippen molar-refractivity contribution in [2.75, 3.05) is 30.1 Å². The summed E-state index contributed by atoms with van der Waals surface area (Å²) in [4.78, 5) is 18.7. The predicted molar refractivity (Wildman–Crippen MR) is 170 cm³/mol. The van der Waals surface area contributed by atoms with Gasteiger partial charge in [-0.1, -0.05) is 66.7 Å². The lowest BCUT2D eigenvalue weighted by Crippen LogP contribution is -2.31. The van der Waals surface area contributed by atoms with Gasteiger partial charge in [0, 0.05) is 11.4 Å². The standard InChI is InChI=1S/C33H37N5O4S/c1-6-18-43-33-36-32-34-22(4)29(31(39)35-25-10-8-9-11-26(25)40-5)30(38(32)37-33)24-16-17-27(28(19-24)41-7-2)42-20-23-14-12-21(3)13-15-23/h8-17,19,30H,6-7,18,20H2,1-5H3,(H,35,39)(H,34,36,37). The van der Waals surface area contributed by atoms with Crippen molar-refractivity contribution in [2.24, 2.45) is 0 Å². The van der Waals surface area contributed by atoms with E-state index < -0.39 is 6.04 Å². The fourth-order valence-corrected chi connectivity index (χ4v) is 5.54. The molecule has 224 valence electrons. The van der Waals surface area contributed by atoms with Gasteiger partial charge >= 0.3 is 0 Å². The number of benzene rings is 3. The minimum Gasteiger partial charge on any atom is -0.495 e. The summed E-state index contributed by atoms with van der Waals surface area (Å²) in [7, 11) is 1.58. The summed E-state index contributed by atoms with van der Waals surface area (Å²) in [6, 6.07) is 20.8. The zero-order valence-corrected chi connectivity index (χ0v) is 26.0. The van der Waals surface area contributed by atoms with E-state index in [-0.39, 0.29) is 5.91 Å². The molecule has 4 aromatic rings. The number of carbonyl (C=O) groups excluding carboxylic acids is 1. The monoisotopic (exact) mass is 599 g/mol. The minimum atomic E-state index is -0.570. The molecule has 0 radical (unpaired) electrons. The zero-order chi connectivity index (χ0) is 30.3. The van der Waals surface area contributed by atoms with Crippen LogP contribution in [0.25, 0.3) is 0 Å². The molecule has 2 heterocycles. The van der Waals surface area contributed by atoms with E-state index in [1.165, 1.54) is 5.56 Å². The van der Waals surface area contributed by atoms with E-state index in [1.807, 2.05) is 56.3 Å². The molecule has 1 atom stereocenters.